The van der Waals surface area contributed by atoms with Gasteiger partial charge in [0.25, 0.3) is 0 Å². The molecule has 1 aromatic carbocycles. The maximum absolute atomic E-state index is 6.01. The lowest BCUT2D eigenvalue weighted by molar-refractivity contribution is 0.991. The third-order valence-corrected chi connectivity index (χ3v) is 3.88. The first-order valence-electron chi connectivity index (χ1n) is 5.75. The molecule has 2 rings (SSSR count). The average Bonchev–Trinajstić information content (AvgIpc) is 2.37. The molecule has 0 aliphatic rings. The summed E-state index contributed by atoms with van der Waals surface area (Å²) in [7, 11) is 1.82. The average molecular weight is 361 g/mol. The van der Waals surface area contributed by atoms with Crippen molar-refractivity contribution in [2.24, 2.45) is 0 Å². The minimum atomic E-state index is 0.568. The highest BCUT2D eigenvalue weighted by molar-refractivity contribution is 9.10. The maximum Gasteiger partial charge on any atom is 0.161 e. The summed E-state index contributed by atoms with van der Waals surface area (Å²) in [5.41, 5.74) is 1.74. The van der Waals surface area contributed by atoms with Gasteiger partial charge in [-0.05, 0) is 40.5 Å². The number of nitrogens with zero attached hydrogens (tertiary/aromatic N) is 2. The van der Waals surface area contributed by atoms with Crippen molar-refractivity contribution in [3.05, 3.63) is 38.4 Å². The molecule has 100 valence electrons. The van der Waals surface area contributed by atoms with Gasteiger partial charge in [-0.15, -0.1) is 0 Å². The number of benzene rings is 1. The molecule has 0 aliphatic carbocycles. The predicted molar refractivity (Wildman–Crippen MR) is 84.1 cm³/mol. The van der Waals surface area contributed by atoms with Crippen LogP contribution >= 0.6 is 39.1 Å². The van der Waals surface area contributed by atoms with Crippen molar-refractivity contribution in [3.8, 4) is 11.4 Å². The topological polar surface area (TPSA) is 37.8 Å². The van der Waals surface area contributed by atoms with Crippen molar-refractivity contribution in [3.63, 3.8) is 0 Å². The van der Waals surface area contributed by atoms with Gasteiger partial charge in [0.05, 0.1) is 10.2 Å². The molecule has 2 aromatic rings. The standard InChI is InChI=1S/C13H12BrCl2N3/c1-3-10-11(14)13(17-2)19-12(18-10)7-4-8(15)6-9(16)5-7/h4-6H,3H2,1-2H3,(H,17,18,19). The molecule has 1 aromatic heterocycles. The van der Waals surface area contributed by atoms with Crippen molar-refractivity contribution in [1.82, 2.24) is 9.97 Å². The Labute approximate surface area is 130 Å². The lowest BCUT2D eigenvalue weighted by atomic mass is 10.2. The van der Waals surface area contributed by atoms with Crippen LogP contribution in [0.2, 0.25) is 10.0 Å². The molecular formula is C13H12BrCl2N3. The zero-order valence-electron chi connectivity index (χ0n) is 10.5. The summed E-state index contributed by atoms with van der Waals surface area (Å²) in [6, 6.07) is 5.29. The molecule has 0 fully saturated rings. The van der Waals surface area contributed by atoms with Crippen molar-refractivity contribution in [2.75, 3.05) is 12.4 Å². The van der Waals surface area contributed by atoms with Crippen molar-refractivity contribution in [2.45, 2.75) is 13.3 Å². The normalized spacial score (nSPS) is 10.6. The molecule has 0 saturated heterocycles. The summed E-state index contributed by atoms with van der Waals surface area (Å²) in [6.45, 7) is 2.04. The van der Waals surface area contributed by atoms with Gasteiger partial charge >= 0.3 is 0 Å². The van der Waals surface area contributed by atoms with E-state index in [0.29, 0.717) is 15.9 Å². The fourth-order valence-electron chi connectivity index (χ4n) is 1.71. The van der Waals surface area contributed by atoms with E-state index in [0.717, 1.165) is 28.0 Å². The largest absolute Gasteiger partial charge is 0.372 e. The Kier molecular flexibility index (Phi) is 4.66. The van der Waals surface area contributed by atoms with Crippen LogP contribution in [0.5, 0.6) is 0 Å². The summed E-state index contributed by atoms with van der Waals surface area (Å²) in [6.07, 6.45) is 0.805. The quantitative estimate of drug-likeness (QED) is 0.852. The van der Waals surface area contributed by atoms with Gasteiger partial charge in [-0.25, -0.2) is 9.97 Å². The van der Waals surface area contributed by atoms with Crippen LogP contribution in [-0.4, -0.2) is 17.0 Å². The molecule has 3 nitrogen and oxygen atoms in total. The maximum atomic E-state index is 6.01. The zero-order valence-corrected chi connectivity index (χ0v) is 13.6. The number of aryl methyl sites for hydroxylation is 1. The minimum Gasteiger partial charge on any atom is -0.372 e. The smallest absolute Gasteiger partial charge is 0.161 e. The third-order valence-electron chi connectivity index (χ3n) is 2.61. The molecule has 0 atom stereocenters. The summed E-state index contributed by atoms with van der Waals surface area (Å²) in [4.78, 5) is 9.00. The Morgan fingerprint density at radius 2 is 1.79 bits per heavy atom. The number of hydrogen-bond acceptors (Lipinski definition) is 3. The van der Waals surface area contributed by atoms with E-state index in [1.54, 1.807) is 18.2 Å². The van der Waals surface area contributed by atoms with Crippen LogP contribution in [0.15, 0.2) is 22.7 Å². The molecule has 0 unspecified atom stereocenters. The van der Waals surface area contributed by atoms with Crippen LogP contribution in [0.25, 0.3) is 11.4 Å². The highest BCUT2D eigenvalue weighted by atomic mass is 79.9. The Morgan fingerprint density at radius 1 is 1.16 bits per heavy atom. The number of rotatable bonds is 3. The van der Waals surface area contributed by atoms with E-state index in [4.69, 9.17) is 23.2 Å². The third kappa shape index (κ3) is 3.19. The predicted octanol–water partition coefficient (Wildman–Crippen LogP) is 4.82. The fraction of sp³-hybridized carbons (Fsp3) is 0.231. The molecule has 0 amide bonds. The second kappa shape index (κ2) is 6.07. The summed E-state index contributed by atoms with van der Waals surface area (Å²) < 4.78 is 0.884. The molecule has 0 aliphatic heterocycles. The van der Waals surface area contributed by atoms with Gasteiger partial charge in [-0.1, -0.05) is 30.1 Å². The number of nitrogens with one attached hydrogen (secondary N) is 1. The molecule has 0 spiro atoms. The minimum absolute atomic E-state index is 0.568. The highest BCUT2D eigenvalue weighted by Gasteiger charge is 2.12. The van der Waals surface area contributed by atoms with Gasteiger partial charge in [0.1, 0.15) is 5.82 Å². The fourth-order valence-corrected chi connectivity index (χ4v) is 2.89. The van der Waals surface area contributed by atoms with E-state index in [9.17, 15) is 0 Å². The molecule has 1 N–H and O–H groups in total. The van der Waals surface area contributed by atoms with Crippen LogP contribution < -0.4 is 5.32 Å². The summed E-state index contributed by atoms with van der Waals surface area (Å²) >= 11 is 15.5. The second-order valence-corrected chi connectivity index (χ2v) is 5.58. The monoisotopic (exact) mass is 359 g/mol. The van der Waals surface area contributed by atoms with E-state index in [2.05, 4.69) is 31.2 Å². The molecular weight excluding hydrogens is 349 g/mol. The molecule has 0 radical (unpaired) electrons. The molecule has 1 heterocycles. The Hall–Kier alpha value is -0.840. The van der Waals surface area contributed by atoms with Crippen LogP contribution in [-0.2, 0) is 6.42 Å². The van der Waals surface area contributed by atoms with E-state index in [1.165, 1.54) is 0 Å². The van der Waals surface area contributed by atoms with E-state index < -0.39 is 0 Å². The van der Waals surface area contributed by atoms with Gasteiger partial charge < -0.3 is 5.32 Å². The van der Waals surface area contributed by atoms with Crippen molar-refractivity contribution < 1.29 is 0 Å². The number of aromatic nitrogens is 2. The molecule has 6 heteroatoms. The first-order chi connectivity index (χ1) is 9.05. The van der Waals surface area contributed by atoms with Gasteiger partial charge in [-0.3, -0.25) is 0 Å². The van der Waals surface area contributed by atoms with Crippen LogP contribution in [0, 0.1) is 0 Å². The Morgan fingerprint density at radius 3 is 2.32 bits per heavy atom. The zero-order chi connectivity index (χ0) is 14.0. The first-order valence-corrected chi connectivity index (χ1v) is 7.30. The van der Waals surface area contributed by atoms with Crippen LogP contribution in [0.3, 0.4) is 0 Å². The van der Waals surface area contributed by atoms with Crippen LogP contribution in [0.1, 0.15) is 12.6 Å². The van der Waals surface area contributed by atoms with Crippen molar-refractivity contribution >= 4 is 44.9 Å². The first kappa shape index (κ1) is 14.6. The number of hydrogen-bond donors (Lipinski definition) is 1. The Balaban J connectivity index is 2.61. The molecule has 0 saturated carbocycles. The Bertz CT molecular complexity index is 572. The van der Waals surface area contributed by atoms with Gasteiger partial charge in [-0.2, -0.15) is 0 Å². The second-order valence-electron chi connectivity index (χ2n) is 3.92. The summed E-state index contributed by atoms with van der Waals surface area (Å²) in [5.74, 6) is 1.35. The van der Waals surface area contributed by atoms with Gasteiger partial charge in [0.15, 0.2) is 5.82 Å². The van der Waals surface area contributed by atoms with E-state index in [-0.39, 0.29) is 0 Å². The lowest BCUT2D eigenvalue weighted by Crippen LogP contribution is -2.02. The van der Waals surface area contributed by atoms with Crippen molar-refractivity contribution in [1.29, 1.82) is 0 Å². The SMILES string of the molecule is CCc1nc(-c2cc(Cl)cc(Cl)c2)nc(NC)c1Br. The van der Waals surface area contributed by atoms with E-state index >= 15 is 0 Å². The van der Waals surface area contributed by atoms with Gasteiger partial charge in [0, 0.05) is 22.7 Å². The highest BCUT2D eigenvalue weighted by Crippen LogP contribution is 2.30. The number of halogens is 3. The molecule has 0 bridgehead atoms. The molecule has 19 heavy (non-hydrogen) atoms. The lowest BCUT2D eigenvalue weighted by Gasteiger charge is -2.10. The van der Waals surface area contributed by atoms with Gasteiger partial charge in [0.2, 0.25) is 0 Å². The number of anilines is 1. The van der Waals surface area contributed by atoms with Crippen LogP contribution in [0.4, 0.5) is 5.82 Å². The summed E-state index contributed by atoms with van der Waals surface area (Å²) in [5, 5.41) is 4.18. The van der Waals surface area contributed by atoms with E-state index in [1.807, 2.05) is 14.0 Å².